The molecule has 3 N–H and O–H groups in total. The van der Waals surface area contributed by atoms with Gasteiger partial charge in [-0.1, -0.05) is 0 Å². The molecule has 0 aromatic carbocycles. The van der Waals surface area contributed by atoms with Crippen LogP contribution in [0, 0.1) is 0 Å². The number of hydrogen-bond acceptors (Lipinski definition) is 3. The van der Waals surface area contributed by atoms with Crippen LogP contribution in [-0.2, 0) is 4.79 Å². The predicted octanol–water partition coefficient (Wildman–Crippen LogP) is 1.04. The zero-order valence-corrected chi connectivity index (χ0v) is 10.2. The van der Waals surface area contributed by atoms with Crippen LogP contribution in [0.3, 0.4) is 0 Å². The second kappa shape index (κ2) is 6.62. The molecule has 1 saturated carbocycles. The minimum absolute atomic E-state index is 0.231. The number of thioether (sulfide) groups is 1. The number of hydrogen-bond donors (Lipinski definition) is 3. The van der Waals surface area contributed by atoms with Crippen LogP contribution in [-0.4, -0.2) is 41.2 Å². The number of carbonyl (C=O) groups is 2. The van der Waals surface area contributed by atoms with Crippen molar-refractivity contribution >= 4 is 23.8 Å². The summed E-state index contributed by atoms with van der Waals surface area (Å²) in [5.74, 6) is -0.251. The van der Waals surface area contributed by atoms with Crippen molar-refractivity contribution in [2.24, 2.45) is 0 Å². The maximum absolute atomic E-state index is 11.4. The standard InChI is InChI=1S/C10H18N2O3S/c1-16-6-5-8(9(13)14)12-10(15)11-7-3-2-4-7/h7-8H,2-6H2,1H3,(H,13,14)(H2,11,12,15)/t8-/m1/s1. The Labute approximate surface area is 99.4 Å². The summed E-state index contributed by atoms with van der Waals surface area (Å²) in [6.07, 6.45) is 5.49. The van der Waals surface area contributed by atoms with Crippen LogP contribution < -0.4 is 10.6 Å². The maximum atomic E-state index is 11.4. The van der Waals surface area contributed by atoms with E-state index >= 15 is 0 Å². The zero-order chi connectivity index (χ0) is 12.0. The van der Waals surface area contributed by atoms with Crippen molar-refractivity contribution in [3.8, 4) is 0 Å². The highest BCUT2D eigenvalue weighted by atomic mass is 32.2. The van der Waals surface area contributed by atoms with E-state index in [9.17, 15) is 9.59 Å². The van der Waals surface area contributed by atoms with Crippen LogP contribution in [0.5, 0.6) is 0 Å². The van der Waals surface area contributed by atoms with E-state index in [0.29, 0.717) is 6.42 Å². The quantitative estimate of drug-likeness (QED) is 0.654. The van der Waals surface area contributed by atoms with Crippen molar-refractivity contribution in [3.63, 3.8) is 0 Å². The lowest BCUT2D eigenvalue weighted by Gasteiger charge is -2.27. The number of rotatable bonds is 6. The van der Waals surface area contributed by atoms with Crippen molar-refractivity contribution in [3.05, 3.63) is 0 Å². The number of amides is 2. The van der Waals surface area contributed by atoms with Crippen molar-refractivity contribution in [2.75, 3.05) is 12.0 Å². The molecule has 1 aliphatic carbocycles. The Morgan fingerprint density at radius 2 is 2.19 bits per heavy atom. The lowest BCUT2D eigenvalue weighted by molar-refractivity contribution is -0.139. The molecule has 2 amide bonds. The summed E-state index contributed by atoms with van der Waals surface area (Å²) in [5.41, 5.74) is 0. The smallest absolute Gasteiger partial charge is 0.326 e. The second-order valence-electron chi connectivity index (χ2n) is 3.92. The van der Waals surface area contributed by atoms with Gasteiger partial charge in [0.15, 0.2) is 0 Å². The van der Waals surface area contributed by atoms with Gasteiger partial charge in [-0.2, -0.15) is 11.8 Å². The third-order valence-corrected chi connectivity index (χ3v) is 3.30. The van der Waals surface area contributed by atoms with Gasteiger partial charge in [-0.15, -0.1) is 0 Å². The minimum atomic E-state index is -0.974. The van der Waals surface area contributed by atoms with E-state index in [2.05, 4.69) is 10.6 Å². The highest BCUT2D eigenvalue weighted by molar-refractivity contribution is 7.98. The van der Waals surface area contributed by atoms with E-state index in [1.165, 1.54) is 0 Å². The zero-order valence-electron chi connectivity index (χ0n) is 9.36. The first kappa shape index (κ1) is 13.2. The normalized spacial score (nSPS) is 17.3. The van der Waals surface area contributed by atoms with Crippen molar-refractivity contribution in [2.45, 2.75) is 37.8 Å². The molecule has 1 fully saturated rings. The summed E-state index contributed by atoms with van der Waals surface area (Å²) in [5, 5.41) is 14.1. The maximum Gasteiger partial charge on any atom is 0.326 e. The van der Waals surface area contributed by atoms with Gasteiger partial charge in [0.25, 0.3) is 0 Å². The van der Waals surface area contributed by atoms with Gasteiger partial charge in [-0.05, 0) is 37.7 Å². The average molecular weight is 246 g/mol. The third-order valence-electron chi connectivity index (χ3n) is 2.65. The van der Waals surface area contributed by atoms with Crippen LogP contribution in [0.25, 0.3) is 0 Å². The van der Waals surface area contributed by atoms with Crippen LogP contribution >= 0.6 is 11.8 Å². The first-order valence-corrected chi connectivity index (χ1v) is 6.81. The van der Waals surface area contributed by atoms with Gasteiger partial charge in [0.2, 0.25) is 0 Å². The molecule has 0 spiro atoms. The van der Waals surface area contributed by atoms with E-state index in [0.717, 1.165) is 25.0 Å². The topological polar surface area (TPSA) is 78.4 Å². The molecule has 92 valence electrons. The van der Waals surface area contributed by atoms with Gasteiger partial charge in [0, 0.05) is 6.04 Å². The second-order valence-corrected chi connectivity index (χ2v) is 4.90. The van der Waals surface area contributed by atoms with Gasteiger partial charge < -0.3 is 15.7 Å². The predicted molar refractivity (Wildman–Crippen MR) is 63.7 cm³/mol. The van der Waals surface area contributed by atoms with Gasteiger partial charge in [0.1, 0.15) is 6.04 Å². The monoisotopic (exact) mass is 246 g/mol. The van der Waals surface area contributed by atoms with Crippen LogP contribution in [0.15, 0.2) is 0 Å². The summed E-state index contributed by atoms with van der Waals surface area (Å²) >= 11 is 1.57. The lowest BCUT2D eigenvalue weighted by atomic mass is 9.93. The molecule has 5 nitrogen and oxygen atoms in total. The van der Waals surface area contributed by atoms with E-state index < -0.39 is 12.0 Å². The minimum Gasteiger partial charge on any atom is -0.480 e. The number of carboxylic acids is 1. The van der Waals surface area contributed by atoms with Gasteiger partial charge in [0.05, 0.1) is 0 Å². The van der Waals surface area contributed by atoms with E-state index in [1.54, 1.807) is 11.8 Å². The molecule has 6 heteroatoms. The molecule has 0 aliphatic heterocycles. The fourth-order valence-electron chi connectivity index (χ4n) is 1.43. The molecule has 0 aromatic heterocycles. The molecule has 0 aromatic rings. The summed E-state index contributed by atoms with van der Waals surface area (Å²) in [4.78, 5) is 22.3. The van der Waals surface area contributed by atoms with Crippen molar-refractivity contribution < 1.29 is 14.7 Å². The molecular weight excluding hydrogens is 228 g/mol. The molecule has 0 heterocycles. The van der Waals surface area contributed by atoms with Crippen LogP contribution in [0.1, 0.15) is 25.7 Å². The molecule has 1 rings (SSSR count). The van der Waals surface area contributed by atoms with E-state index in [1.807, 2.05) is 6.26 Å². The lowest BCUT2D eigenvalue weighted by Crippen LogP contribution is -2.50. The van der Waals surface area contributed by atoms with Crippen molar-refractivity contribution in [1.82, 2.24) is 10.6 Å². The fourth-order valence-corrected chi connectivity index (χ4v) is 1.90. The van der Waals surface area contributed by atoms with E-state index in [-0.39, 0.29) is 12.1 Å². The Morgan fingerprint density at radius 1 is 1.50 bits per heavy atom. The Balaban J connectivity index is 2.28. The largest absolute Gasteiger partial charge is 0.480 e. The first-order valence-electron chi connectivity index (χ1n) is 5.42. The molecule has 0 radical (unpaired) electrons. The molecule has 0 bridgehead atoms. The highest BCUT2D eigenvalue weighted by Gasteiger charge is 2.23. The van der Waals surface area contributed by atoms with Crippen LogP contribution in [0.2, 0.25) is 0 Å². The van der Waals surface area contributed by atoms with Crippen molar-refractivity contribution in [1.29, 1.82) is 0 Å². The number of nitrogens with one attached hydrogen (secondary N) is 2. The SMILES string of the molecule is CSCC[C@@H](NC(=O)NC1CCC1)C(=O)O. The number of carbonyl (C=O) groups excluding carboxylic acids is 1. The Hall–Kier alpha value is -0.910. The summed E-state index contributed by atoms with van der Waals surface area (Å²) in [7, 11) is 0. The first-order chi connectivity index (χ1) is 7.63. The Kier molecular flexibility index (Phi) is 5.45. The molecular formula is C10H18N2O3S. The van der Waals surface area contributed by atoms with Gasteiger partial charge >= 0.3 is 12.0 Å². The van der Waals surface area contributed by atoms with Gasteiger partial charge in [-0.3, -0.25) is 0 Å². The Bertz CT molecular complexity index is 256. The summed E-state index contributed by atoms with van der Waals surface area (Å²) in [6, 6.07) is -0.916. The molecule has 0 saturated heterocycles. The molecule has 0 unspecified atom stereocenters. The molecule has 1 aliphatic rings. The number of carboxylic acid groups (broad SMARTS) is 1. The fraction of sp³-hybridized carbons (Fsp3) is 0.800. The third kappa shape index (κ3) is 4.30. The molecule has 16 heavy (non-hydrogen) atoms. The van der Waals surface area contributed by atoms with Gasteiger partial charge in [-0.25, -0.2) is 9.59 Å². The average Bonchev–Trinajstić information content (AvgIpc) is 2.18. The Morgan fingerprint density at radius 3 is 2.62 bits per heavy atom. The summed E-state index contributed by atoms with van der Waals surface area (Å²) < 4.78 is 0. The molecule has 1 atom stereocenters. The number of aliphatic carboxylic acids is 1. The number of urea groups is 1. The highest BCUT2D eigenvalue weighted by Crippen LogP contribution is 2.17. The summed E-state index contributed by atoms with van der Waals surface area (Å²) in [6.45, 7) is 0. The van der Waals surface area contributed by atoms with E-state index in [4.69, 9.17) is 5.11 Å². The van der Waals surface area contributed by atoms with Crippen LogP contribution in [0.4, 0.5) is 4.79 Å².